The van der Waals surface area contributed by atoms with Gasteiger partial charge in [-0.3, -0.25) is 4.79 Å². The fourth-order valence-corrected chi connectivity index (χ4v) is 3.76. The first-order chi connectivity index (χ1) is 13.8. The van der Waals surface area contributed by atoms with Crippen LogP contribution in [0.3, 0.4) is 0 Å². The molecule has 10 heteroatoms. The van der Waals surface area contributed by atoms with E-state index in [4.69, 9.17) is 33.8 Å². The Bertz CT molecular complexity index is 1000. The van der Waals surface area contributed by atoms with Crippen LogP contribution in [0.2, 0.25) is 10.0 Å². The quantitative estimate of drug-likeness (QED) is 0.412. The minimum absolute atomic E-state index is 0.0643. The van der Waals surface area contributed by atoms with E-state index in [0.29, 0.717) is 26.7 Å². The number of halogens is 2. The molecule has 0 radical (unpaired) electrons. The van der Waals surface area contributed by atoms with Gasteiger partial charge in [0.05, 0.1) is 21.5 Å². The first kappa shape index (κ1) is 21.3. The minimum Gasteiger partial charge on any atom is -0.486 e. The maximum absolute atomic E-state index is 12.2. The number of hydrogen-bond acceptors (Lipinski definition) is 6. The standard InChI is InChI=1S/C19H19Cl2N5O2S/c1-11-6-12(2)8-13(7-11)28-9-16-24-25-19(26(16)22)29-10-17(27)23-18-14(20)4-3-5-15(18)21/h3-8H,9-10,22H2,1-2H3,(H,23,27). The Hall–Kier alpha value is -2.42. The fourth-order valence-electron chi connectivity index (χ4n) is 2.59. The number of nitrogens with zero attached hydrogens (tertiary/aromatic N) is 3. The number of amides is 1. The zero-order valence-electron chi connectivity index (χ0n) is 15.8. The third-order valence-corrected chi connectivity index (χ3v) is 5.43. The van der Waals surface area contributed by atoms with Crippen molar-refractivity contribution in [1.29, 1.82) is 0 Å². The Morgan fingerprint density at radius 2 is 1.83 bits per heavy atom. The molecule has 2 aromatic carbocycles. The van der Waals surface area contributed by atoms with Crippen molar-refractivity contribution in [2.24, 2.45) is 0 Å². The number of rotatable bonds is 7. The van der Waals surface area contributed by atoms with Crippen LogP contribution in [0.4, 0.5) is 5.69 Å². The second kappa shape index (κ2) is 9.39. The molecule has 3 N–H and O–H groups in total. The topological polar surface area (TPSA) is 95.1 Å². The number of nitrogens with one attached hydrogen (secondary N) is 1. The molecule has 29 heavy (non-hydrogen) atoms. The number of benzene rings is 2. The number of ether oxygens (including phenoxy) is 1. The molecule has 0 spiro atoms. The SMILES string of the molecule is Cc1cc(C)cc(OCc2nnc(SCC(=O)Nc3c(Cl)cccc3Cl)n2N)c1. The highest BCUT2D eigenvalue weighted by Crippen LogP contribution is 2.30. The average molecular weight is 452 g/mol. The first-order valence-electron chi connectivity index (χ1n) is 8.60. The van der Waals surface area contributed by atoms with Gasteiger partial charge in [-0.25, -0.2) is 4.68 Å². The Morgan fingerprint density at radius 1 is 1.17 bits per heavy atom. The number of aromatic nitrogens is 3. The van der Waals surface area contributed by atoms with Crippen LogP contribution in [0.1, 0.15) is 17.0 Å². The van der Waals surface area contributed by atoms with Crippen molar-refractivity contribution in [2.75, 3.05) is 16.9 Å². The summed E-state index contributed by atoms with van der Waals surface area (Å²) in [5.41, 5.74) is 2.59. The molecule has 0 unspecified atom stereocenters. The predicted molar refractivity (Wildman–Crippen MR) is 116 cm³/mol. The first-order valence-corrected chi connectivity index (χ1v) is 10.3. The summed E-state index contributed by atoms with van der Waals surface area (Å²) in [6, 6.07) is 10.9. The third-order valence-electron chi connectivity index (χ3n) is 3.86. The predicted octanol–water partition coefficient (Wildman–Crippen LogP) is 4.23. The molecular formula is C19H19Cl2N5O2S. The van der Waals surface area contributed by atoms with Gasteiger partial charge in [-0.05, 0) is 49.2 Å². The van der Waals surface area contributed by atoms with E-state index in [-0.39, 0.29) is 18.3 Å². The van der Waals surface area contributed by atoms with Gasteiger partial charge in [0.1, 0.15) is 12.4 Å². The van der Waals surface area contributed by atoms with E-state index in [1.165, 1.54) is 4.68 Å². The molecule has 0 aliphatic heterocycles. The van der Waals surface area contributed by atoms with E-state index in [1.54, 1.807) is 18.2 Å². The number of thioether (sulfide) groups is 1. The number of nitrogens with two attached hydrogens (primary N) is 1. The van der Waals surface area contributed by atoms with Crippen LogP contribution < -0.4 is 15.9 Å². The average Bonchev–Trinajstić information content (AvgIpc) is 3.00. The van der Waals surface area contributed by atoms with E-state index >= 15 is 0 Å². The molecular weight excluding hydrogens is 433 g/mol. The van der Waals surface area contributed by atoms with Crippen LogP contribution >= 0.6 is 35.0 Å². The molecule has 1 aromatic heterocycles. The lowest BCUT2D eigenvalue weighted by Gasteiger charge is -2.09. The normalized spacial score (nSPS) is 10.8. The van der Waals surface area contributed by atoms with Gasteiger partial charge in [-0.15, -0.1) is 10.2 Å². The van der Waals surface area contributed by atoms with Crippen LogP contribution in [0.15, 0.2) is 41.6 Å². The Morgan fingerprint density at radius 3 is 2.48 bits per heavy atom. The van der Waals surface area contributed by atoms with Crippen molar-refractivity contribution in [3.8, 4) is 5.75 Å². The fraction of sp³-hybridized carbons (Fsp3) is 0.211. The summed E-state index contributed by atoms with van der Waals surface area (Å²) in [6.45, 7) is 4.16. The van der Waals surface area contributed by atoms with E-state index in [2.05, 4.69) is 21.6 Å². The highest BCUT2D eigenvalue weighted by molar-refractivity contribution is 7.99. The molecule has 0 aliphatic rings. The summed E-state index contributed by atoms with van der Waals surface area (Å²) in [6.07, 6.45) is 0. The summed E-state index contributed by atoms with van der Waals surface area (Å²) in [5, 5.41) is 11.9. The van der Waals surface area contributed by atoms with E-state index in [1.807, 2.05) is 26.0 Å². The number of hydrogen-bond donors (Lipinski definition) is 2. The van der Waals surface area contributed by atoms with Crippen molar-refractivity contribution < 1.29 is 9.53 Å². The van der Waals surface area contributed by atoms with Crippen molar-refractivity contribution in [3.05, 3.63) is 63.4 Å². The van der Waals surface area contributed by atoms with Gasteiger partial charge >= 0.3 is 0 Å². The number of carbonyl (C=O) groups is 1. The maximum atomic E-state index is 12.2. The van der Waals surface area contributed by atoms with Gasteiger partial charge in [0.15, 0.2) is 5.82 Å². The molecule has 0 fully saturated rings. The maximum Gasteiger partial charge on any atom is 0.234 e. The van der Waals surface area contributed by atoms with Crippen LogP contribution in [-0.4, -0.2) is 26.5 Å². The zero-order valence-corrected chi connectivity index (χ0v) is 18.1. The van der Waals surface area contributed by atoms with Crippen molar-refractivity contribution in [3.63, 3.8) is 0 Å². The summed E-state index contributed by atoms with van der Waals surface area (Å²) in [5.74, 6) is 6.98. The van der Waals surface area contributed by atoms with Crippen molar-refractivity contribution in [1.82, 2.24) is 14.9 Å². The van der Waals surface area contributed by atoms with Gasteiger partial charge in [0.25, 0.3) is 0 Å². The number of carbonyl (C=O) groups excluding carboxylic acids is 1. The van der Waals surface area contributed by atoms with E-state index in [9.17, 15) is 4.79 Å². The van der Waals surface area contributed by atoms with Crippen molar-refractivity contribution in [2.45, 2.75) is 25.6 Å². The highest BCUT2D eigenvalue weighted by Gasteiger charge is 2.15. The molecule has 0 atom stereocenters. The largest absolute Gasteiger partial charge is 0.486 e. The lowest BCUT2D eigenvalue weighted by atomic mass is 10.1. The molecule has 7 nitrogen and oxygen atoms in total. The molecule has 0 saturated heterocycles. The molecule has 1 heterocycles. The van der Waals surface area contributed by atoms with Gasteiger partial charge < -0.3 is 15.9 Å². The lowest BCUT2D eigenvalue weighted by molar-refractivity contribution is -0.113. The number of nitrogen functional groups attached to an aromatic ring is 1. The van der Waals surface area contributed by atoms with Gasteiger partial charge in [0, 0.05) is 0 Å². The van der Waals surface area contributed by atoms with Gasteiger partial charge in [-0.1, -0.05) is 47.1 Å². The van der Waals surface area contributed by atoms with E-state index < -0.39 is 0 Å². The number of anilines is 1. The number of aryl methyl sites for hydroxylation is 2. The Labute approximate surface area is 182 Å². The van der Waals surface area contributed by atoms with E-state index in [0.717, 1.165) is 28.6 Å². The van der Waals surface area contributed by atoms with Crippen LogP contribution in [0.25, 0.3) is 0 Å². The molecule has 0 saturated carbocycles. The second-order valence-electron chi connectivity index (χ2n) is 6.31. The van der Waals surface area contributed by atoms with Gasteiger partial charge in [0.2, 0.25) is 11.1 Å². The van der Waals surface area contributed by atoms with Crippen LogP contribution in [0, 0.1) is 13.8 Å². The van der Waals surface area contributed by atoms with Crippen LogP contribution in [-0.2, 0) is 11.4 Å². The molecule has 3 aromatic rings. The third kappa shape index (κ3) is 5.56. The summed E-state index contributed by atoms with van der Waals surface area (Å²) < 4.78 is 7.07. The molecule has 152 valence electrons. The Kier molecular flexibility index (Phi) is 6.89. The Balaban J connectivity index is 1.57. The summed E-state index contributed by atoms with van der Waals surface area (Å²) in [7, 11) is 0. The molecule has 0 aliphatic carbocycles. The second-order valence-corrected chi connectivity index (χ2v) is 8.07. The molecule has 3 rings (SSSR count). The monoisotopic (exact) mass is 451 g/mol. The van der Waals surface area contributed by atoms with Crippen LogP contribution in [0.5, 0.6) is 5.75 Å². The lowest BCUT2D eigenvalue weighted by Crippen LogP contribution is -2.18. The minimum atomic E-state index is -0.291. The highest BCUT2D eigenvalue weighted by atomic mass is 35.5. The zero-order chi connectivity index (χ0) is 21.0. The van der Waals surface area contributed by atoms with Gasteiger partial charge in [-0.2, -0.15) is 0 Å². The molecule has 1 amide bonds. The number of para-hydroxylation sites is 1. The van der Waals surface area contributed by atoms with Crippen molar-refractivity contribution >= 4 is 46.6 Å². The molecule has 0 bridgehead atoms. The summed E-state index contributed by atoms with van der Waals surface area (Å²) >= 11 is 13.3. The smallest absolute Gasteiger partial charge is 0.234 e. The summed E-state index contributed by atoms with van der Waals surface area (Å²) in [4.78, 5) is 12.2.